The molecule has 1 N–H and O–H groups in total. The lowest BCUT2D eigenvalue weighted by molar-refractivity contribution is 0.0967. The molecule has 0 amide bonds. The highest BCUT2D eigenvalue weighted by Crippen LogP contribution is 2.24. The summed E-state index contributed by atoms with van der Waals surface area (Å²) >= 11 is 0. The molecule has 0 aliphatic heterocycles. The van der Waals surface area contributed by atoms with E-state index < -0.39 is 18.3 Å². The molecule has 0 fully saturated rings. The van der Waals surface area contributed by atoms with Gasteiger partial charge in [-0.25, -0.2) is 13.2 Å². The van der Waals surface area contributed by atoms with Gasteiger partial charge in [-0.2, -0.15) is 0 Å². The van der Waals surface area contributed by atoms with E-state index in [1.54, 1.807) is 13.0 Å². The summed E-state index contributed by atoms with van der Waals surface area (Å²) in [6.45, 7) is 4.08. The van der Waals surface area contributed by atoms with Gasteiger partial charge in [0.2, 0.25) is 0 Å². The Morgan fingerprint density at radius 2 is 2.00 bits per heavy atom. The van der Waals surface area contributed by atoms with E-state index in [-0.39, 0.29) is 5.56 Å². The van der Waals surface area contributed by atoms with Gasteiger partial charge >= 0.3 is 0 Å². The van der Waals surface area contributed by atoms with Crippen LogP contribution in [0.1, 0.15) is 30.5 Å². The lowest BCUT2D eigenvalue weighted by atomic mass is 10.0. The molecule has 1 aromatic carbocycles. The van der Waals surface area contributed by atoms with Crippen LogP contribution in [0.2, 0.25) is 0 Å². The number of aryl methyl sites for hydroxylation is 1. The minimum Gasteiger partial charge on any atom is -0.305 e. The lowest BCUT2D eigenvalue weighted by Gasteiger charge is -2.19. The molecule has 4 heteroatoms. The number of nitrogens with one attached hydrogen (secondary N) is 1. The summed E-state index contributed by atoms with van der Waals surface area (Å²) < 4.78 is 39.0. The highest BCUT2D eigenvalue weighted by molar-refractivity contribution is 5.27. The van der Waals surface area contributed by atoms with Gasteiger partial charge < -0.3 is 5.32 Å². The summed E-state index contributed by atoms with van der Waals surface area (Å²) in [5.74, 6) is -0.584. The Hall–Kier alpha value is -1.03. The predicted molar refractivity (Wildman–Crippen MR) is 58.2 cm³/mol. The van der Waals surface area contributed by atoms with Crippen LogP contribution in [0.3, 0.4) is 0 Å². The maximum absolute atomic E-state index is 13.4. The van der Waals surface area contributed by atoms with Gasteiger partial charge in [-0.05, 0) is 26.0 Å². The molecule has 1 atom stereocenters. The molecule has 16 heavy (non-hydrogen) atoms. The van der Waals surface area contributed by atoms with Crippen molar-refractivity contribution < 1.29 is 13.2 Å². The molecule has 0 aromatic heterocycles. The summed E-state index contributed by atoms with van der Waals surface area (Å²) in [7, 11) is 0. The fourth-order valence-corrected chi connectivity index (χ4v) is 1.54. The highest BCUT2D eigenvalue weighted by Gasteiger charge is 2.24. The van der Waals surface area contributed by atoms with Gasteiger partial charge in [-0.1, -0.05) is 24.6 Å². The second-order valence-electron chi connectivity index (χ2n) is 3.79. The van der Waals surface area contributed by atoms with E-state index in [1.807, 2.05) is 6.92 Å². The van der Waals surface area contributed by atoms with E-state index in [2.05, 4.69) is 5.32 Å². The van der Waals surface area contributed by atoms with Crippen LogP contribution < -0.4 is 5.32 Å². The zero-order chi connectivity index (χ0) is 12.1. The van der Waals surface area contributed by atoms with Crippen LogP contribution in [0.4, 0.5) is 13.2 Å². The summed E-state index contributed by atoms with van der Waals surface area (Å²) in [6, 6.07) is 3.05. The molecule has 90 valence electrons. The molecule has 0 aliphatic carbocycles. The van der Waals surface area contributed by atoms with Gasteiger partial charge in [0.15, 0.2) is 0 Å². The molecule has 0 heterocycles. The zero-order valence-electron chi connectivity index (χ0n) is 9.43. The Labute approximate surface area is 93.7 Å². The first-order valence-electron chi connectivity index (χ1n) is 5.33. The maximum Gasteiger partial charge on any atom is 0.257 e. The fraction of sp³-hybridized carbons (Fsp3) is 0.500. The molecular formula is C12H16F3N. The average molecular weight is 231 g/mol. The first kappa shape index (κ1) is 13.0. The topological polar surface area (TPSA) is 12.0 Å². The van der Waals surface area contributed by atoms with Crippen LogP contribution in [0, 0.1) is 12.7 Å². The van der Waals surface area contributed by atoms with Gasteiger partial charge in [0, 0.05) is 5.56 Å². The summed E-state index contributed by atoms with van der Waals surface area (Å²) in [4.78, 5) is 0. The molecule has 0 spiro atoms. The molecule has 0 bridgehead atoms. The van der Waals surface area contributed by atoms with Gasteiger partial charge in [0.1, 0.15) is 5.82 Å². The fourth-order valence-electron chi connectivity index (χ4n) is 1.54. The Morgan fingerprint density at radius 1 is 1.31 bits per heavy atom. The third kappa shape index (κ3) is 3.23. The first-order valence-corrected chi connectivity index (χ1v) is 5.33. The molecule has 0 saturated carbocycles. The van der Waals surface area contributed by atoms with Gasteiger partial charge in [-0.15, -0.1) is 0 Å². The Balaban J connectivity index is 2.95. The molecule has 1 unspecified atom stereocenters. The third-order valence-corrected chi connectivity index (χ3v) is 2.35. The number of rotatable bonds is 5. The van der Waals surface area contributed by atoms with Gasteiger partial charge in [0.05, 0.1) is 6.04 Å². The monoisotopic (exact) mass is 231 g/mol. The molecule has 0 radical (unpaired) electrons. The second-order valence-corrected chi connectivity index (χ2v) is 3.79. The average Bonchev–Trinajstić information content (AvgIpc) is 2.23. The van der Waals surface area contributed by atoms with Gasteiger partial charge in [0.25, 0.3) is 6.43 Å². The minimum absolute atomic E-state index is 0.0449. The predicted octanol–water partition coefficient (Wildman–Crippen LogP) is 3.44. The van der Waals surface area contributed by atoms with Crippen molar-refractivity contribution in [3.05, 3.63) is 35.1 Å². The standard InChI is InChI=1S/C12H16F3N/c1-3-6-16-11(12(14)15)9-7-8(2)4-5-10(9)13/h4-5,7,11-12,16H,3,6H2,1-2H3. The van der Waals surface area contributed by atoms with E-state index in [9.17, 15) is 13.2 Å². The van der Waals surface area contributed by atoms with E-state index in [1.165, 1.54) is 12.1 Å². The zero-order valence-corrected chi connectivity index (χ0v) is 9.43. The van der Waals surface area contributed by atoms with Crippen molar-refractivity contribution in [1.82, 2.24) is 5.32 Å². The minimum atomic E-state index is -2.61. The summed E-state index contributed by atoms with van der Waals surface area (Å²) in [5, 5.41) is 2.66. The van der Waals surface area contributed by atoms with Crippen molar-refractivity contribution in [2.75, 3.05) is 6.54 Å². The largest absolute Gasteiger partial charge is 0.305 e. The van der Waals surface area contributed by atoms with Crippen LogP contribution in [-0.2, 0) is 0 Å². The van der Waals surface area contributed by atoms with Crippen LogP contribution >= 0.6 is 0 Å². The second kappa shape index (κ2) is 5.89. The Morgan fingerprint density at radius 3 is 2.56 bits per heavy atom. The number of alkyl halides is 2. The van der Waals surface area contributed by atoms with Crippen molar-refractivity contribution in [1.29, 1.82) is 0 Å². The number of benzene rings is 1. The van der Waals surface area contributed by atoms with Crippen molar-refractivity contribution in [3.63, 3.8) is 0 Å². The molecular weight excluding hydrogens is 215 g/mol. The normalized spacial score (nSPS) is 13.1. The Bertz CT molecular complexity index is 339. The molecule has 1 rings (SSSR count). The van der Waals surface area contributed by atoms with Crippen molar-refractivity contribution in [3.8, 4) is 0 Å². The lowest BCUT2D eigenvalue weighted by Crippen LogP contribution is -2.28. The van der Waals surface area contributed by atoms with E-state index in [0.717, 1.165) is 12.0 Å². The van der Waals surface area contributed by atoms with Crippen LogP contribution in [0.25, 0.3) is 0 Å². The maximum atomic E-state index is 13.4. The smallest absolute Gasteiger partial charge is 0.257 e. The summed E-state index contributed by atoms with van der Waals surface area (Å²) in [5.41, 5.74) is 0.823. The number of halogens is 3. The third-order valence-electron chi connectivity index (χ3n) is 2.35. The quantitative estimate of drug-likeness (QED) is 0.818. The SMILES string of the molecule is CCCNC(c1cc(C)ccc1F)C(F)F. The van der Waals surface area contributed by atoms with E-state index in [0.29, 0.717) is 6.54 Å². The van der Waals surface area contributed by atoms with Crippen LogP contribution in [0.5, 0.6) is 0 Å². The summed E-state index contributed by atoms with van der Waals surface area (Å²) in [6.07, 6.45) is -1.88. The molecule has 0 aliphatic rings. The van der Waals surface area contributed by atoms with Crippen molar-refractivity contribution in [2.45, 2.75) is 32.7 Å². The highest BCUT2D eigenvalue weighted by atomic mass is 19.3. The Kier molecular flexibility index (Phi) is 4.80. The number of hydrogen-bond donors (Lipinski definition) is 1. The van der Waals surface area contributed by atoms with Gasteiger partial charge in [-0.3, -0.25) is 0 Å². The number of hydrogen-bond acceptors (Lipinski definition) is 1. The van der Waals surface area contributed by atoms with E-state index in [4.69, 9.17) is 0 Å². The van der Waals surface area contributed by atoms with Crippen LogP contribution in [-0.4, -0.2) is 13.0 Å². The first-order chi connectivity index (χ1) is 7.56. The van der Waals surface area contributed by atoms with Crippen LogP contribution in [0.15, 0.2) is 18.2 Å². The van der Waals surface area contributed by atoms with E-state index >= 15 is 0 Å². The molecule has 1 nitrogen and oxygen atoms in total. The van der Waals surface area contributed by atoms with Crippen molar-refractivity contribution >= 4 is 0 Å². The molecule has 1 aromatic rings. The van der Waals surface area contributed by atoms with Crippen molar-refractivity contribution in [2.24, 2.45) is 0 Å². The molecule has 0 saturated heterocycles.